The summed E-state index contributed by atoms with van der Waals surface area (Å²) in [5.74, 6) is 0. The highest BCUT2D eigenvalue weighted by molar-refractivity contribution is 5.19. The van der Waals surface area contributed by atoms with Gasteiger partial charge in [-0.25, -0.2) is 0 Å². The van der Waals surface area contributed by atoms with Gasteiger partial charge in [0.25, 0.3) is 0 Å². The Kier molecular flexibility index (Phi) is 1.62. The molecule has 2 heterocycles. The Labute approximate surface area is 66.9 Å². The summed E-state index contributed by atoms with van der Waals surface area (Å²) in [6, 6.07) is 4.21. The molecule has 0 aliphatic carbocycles. The van der Waals surface area contributed by atoms with Crippen LogP contribution in [0.1, 0.15) is 11.3 Å². The lowest BCUT2D eigenvalue weighted by Gasteiger charge is -2.20. The van der Waals surface area contributed by atoms with E-state index in [0.717, 1.165) is 13.0 Å². The van der Waals surface area contributed by atoms with Crippen molar-refractivity contribution in [3.05, 3.63) is 29.6 Å². The molecule has 0 aromatic carbocycles. The highest BCUT2D eigenvalue weighted by atomic mass is 15.1. The largest absolute Gasteiger partial charge is 0.333 e. The summed E-state index contributed by atoms with van der Waals surface area (Å²) >= 11 is 0. The van der Waals surface area contributed by atoms with E-state index in [2.05, 4.69) is 18.1 Å². The van der Waals surface area contributed by atoms with Crippen LogP contribution in [0.5, 0.6) is 0 Å². The van der Waals surface area contributed by atoms with E-state index in [-0.39, 0.29) is 0 Å². The van der Waals surface area contributed by atoms with E-state index >= 15 is 0 Å². The number of nitrogens with one attached hydrogen (secondary N) is 1. The van der Waals surface area contributed by atoms with Gasteiger partial charge in [-0.3, -0.25) is 4.98 Å². The lowest BCUT2D eigenvalue weighted by molar-refractivity contribution is -0.895. The van der Waals surface area contributed by atoms with Gasteiger partial charge < -0.3 is 4.90 Å². The monoisotopic (exact) mass is 149 g/mol. The molecule has 2 heteroatoms. The van der Waals surface area contributed by atoms with Crippen molar-refractivity contribution in [2.24, 2.45) is 0 Å². The number of rotatable bonds is 0. The quantitative estimate of drug-likeness (QED) is 0.534. The second kappa shape index (κ2) is 2.62. The molecule has 1 aliphatic heterocycles. The summed E-state index contributed by atoms with van der Waals surface area (Å²) in [5.41, 5.74) is 2.73. The minimum Gasteiger partial charge on any atom is -0.333 e. The fourth-order valence-corrected chi connectivity index (χ4v) is 1.60. The molecule has 1 aliphatic rings. The lowest BCUT2D eigenvalue weighted by Crippen LogP contribution is -3.08. The van der Waals surface area contributed by atoms with E-state index < -0.39 is 0 Å². The van der Waals surface area contributed by atoms with Crippen LogP contribution < -0.4 is 4.90 Å². The minimum atomic E-state index is 1.14. The predicted molar refractivity (Wildman–Crippen MR) is 43.4 cm³/mol. The van der Waals surface area contributed by atoms with Crippen molar-refractivity contribution in [3.8, 4) is 0 Å². The first kappa shape index (κ1) is 6.80. The smallest absolute Gasteiger partial charge is 0.104 e. The second-order valence-electron chi connectivity index (χ2n) is 3.24. The van der Waals surface area contributed by atoms with Crippen molar-refractivity contribution in [2.45, 2.75) is 13.0 Å². The highest BCUT2D eigenvalue weighted by Crippen LogP contribution is 2.06. The first-order valence-electron chi connectivity index (χ1n) is 4.10. The van der Waals surface area contributed by atoms with Crippen LogP contribution in [0.3, 0.4) is 0 Å². The van der Waals surface area contributed by atoms with Crippen LogP contribution in [-0.2, 0) is 13.0 Å². The summed E-state index contributed by atoms with van der Waals surface area (Å²) in [6.45, 7) is 2.37. The van der Waals surface area contributed by atoms with Crippen molar-refractivity contribution in [1.29, 1.82) is 0 Å². The molecule has 1 atom stereocenters. The number of aromatic nitrogens is 1. The molecule has 0 saturated heterocycles. The molecule has 0 amide bonds. The average Bonchev–Trinajstić information content (AvgIpc) is 2.04. The van der Waals surface area contributed by atoms with Crippen molar-refractivity contribution in [1.82, 2.24) is 4.98 Å². The summed E-state index contributed by atoms with van der Waals surface area (Å²) in [7, 11) is 2.23. The zero-order chi connectivity index (χ0) is 7.68. The standard InChI is InChI=1S/C9H12N2/c1-11-6-4-9-8(7-11)3-2-5-10-9/h2-3,5H,4,6-7H2,1H3/p+1. The molecule has 1 N–H and O–H groups in total. The van der Waals surface area contributed by atoms with E-state index in [0.29, 0.717) is 0 Å². The van der Waals surface area contributed by atoms with Gasteiger partial charge in [0.05, 0.1) is 19.3 Å². The second-order valence-corrected chi connectivity index (χ2v) is 3.24. The van der Waals surface area contributed by atoms with Gasteiger partial charge in [0.15, 0.2) is 0 Å². The molecule has 0 spiro atoms. The van der Waals surface area contributed by atoms with Gasteiger partial charge in [-0.2, -0.15) is 0 Å². The third kappa shape index (κ3) is 1.26. The number of nitrogens with zero attached hydrogens (tertiary/aromatic N) is 1. The Hall–Kier alpha value is -0.890. The molecule has 1 unspecified atom stereocenters. The Morgan fingerprint density at radius 2 is 2.45 bits per heavy atom. The molecule has 0 fully saturated rings. The zero-order valence-corrected chi connectivity index (χ0v) is 6.80. The van der Waals surface area contributed by atoms with Crippen molar-refractivity contribution in [2.75, 3.05) is 13.6 Å². The Bertz CT molecular complexity index is 257. The van der Waals surface area contributed by atoms with Gasteiger partial charge in [-0.15, -0.1) is 0 Å². The maximum Gasteiger partial charge on any atom is 0.104 e. The van der Waals surface area contributed by atoms with E-state index in [4.69, 9.17) is 0 Å². The van der Waals surface area contributed by atoms with Crippen LogP contribution in [0, 0.1) is 0 Å². The SMILES string of the molecule is C[NH+]1CCc2ncccc2C1. The number of pyridine rings is 1. The van der Waals surface area contributed by atoms with Crippen LogP contribution in [0.4, 0.5) is 0 Å². The van der Waals surface area contributed by atoms with Crippen LogP contribution in [0.25, 0.3) is 0 Å². The van der Waals surface area contributed by atoms with Gasteiger partial charge in [0, 0.05) is 18.2 Å². The van der Waals surface area contributed by atoms with Crippen molar-refractivity contribution < 1.29 is 4.90 Å². The van der Waals surface area contributed by atoms with Gasteiger partial charge in [-0.05, 0) is 6.07 Å². The normalized spacial score (nSPS) is 22.8. The molecule has 2 rings (SSSR count). The molecule has 11 heavy (non-hydrogen) atoms. The Balaban J connectivity index is 2.34. The number of hydrogen-bond donors (Lipinski definition) is 1. The third-order valence-electron chi connectivity index (χ3n) is 2.27. The molecule has 58 valence electrons. The van der Waals surface area contributed by atoms with Gasteiger partial charge >= 0.3 is 0 Å². The first-order valence-corrected chi connectivity index (χ1v) is 4.10. The lowest BCUT2D eigenvalue weighted by atomic mass is 10.1. The summed E-state index contributed by atoms with van der Waals surface area (Å²) in [5, 5.41) is 0. The molecule has 1 aromatic heterocycles. The Morgan fingerprint density at radius 1 is 1.55 bits per heavy atom. The molecular formula is C9H13N2+. The van der Waals surface area contributed by atoms with E-state index in [1.807, 2.05) is 12.3 Å². The number of quaternary nitrogens is 1. The number of likely N-dealkylation sites (N-methyl/N-ethyl adjacent to an activating group) is 1. The predicted octanol–water partition coefficient (Wildman–Crippen LogP) is -0.348. The van der Waals surface area contributed by atoms with Crippen LogP contribution >= 0.6 is 0 Å². The van der Waals surface area contributed by atoms with Gasteiger partial charge in [0.1, 0.15) is 6.54 Å². The van der Waals surface area contributed by atoms with E-state index in [1.165, 1.54) is 17.8 Å². The van der Waals surface area contributed by atoms with Gasteiger partial charge in [0.2, 0.25) is 0 Å². The fraction of sp³-hybridized carbons (Fsp3) is 0.444. The topological polar surface area (TPSA) is 17.3 Å². The van der Waals surface area contributed by atoms with Crippen LogP contribution in [-0.4, -0.2) is 18.6 Å². The summed E-state index contributed by atoms with van der Waals surface area (Å²) in [6.07, 6.45) is 3.03. The summed E-state index contributed by atoms with van der Waals surface area (Å²) in [4.78, 5) is 5.93. The molecule has 0 bridgehead atoms. The molecule has 0 saturated carbocycles. The van der Waals surface area contributed by atoms with E-state index in [9.17, 15) is 0 Å². The van der Waals surface area contributed by atoms with Crippen molar-refractivity contribution >= 4 is 0 Å². The Morgan fingerprint density at radius 3 is 3.36 bits per heavy atom. The fourth-order valence-electron chi connectivity index (χ4n) is 1.60. The molecule has 1 aromatic rings. The average molecular weight is 149 g/mol. The maximum absolute atomic E-state index is 4.34. The minimum absolute atomic E-state index is 1.14. The number of fused-ring (bicyclic) bond motifs is 1. The van der Waals surface area contributed by atoms with Crippen molar-refractivity contribution in [3.63, 3.8) is 0 Å². The van der Waals surface area contributed by atoms with Crippen LogP contribution in [0.2, 0.25) is 0 Å². The zero-order valence-electron chi connectivity index (χ0n) is 6.80. The summed E-state index contributed by atoms with van der Waals surface area (Å²) < 4.78 is 0. The third-order valence-corrected chi connectivity index (χ3v) is 2.27. The van der Waals surface area contributed by atoms with Crippen LogP contribution in [0.15, 0.2) is 18.3 Å². The number of hydrogen-bond acceptors (Lipinski definition) is 1. The maximum atomic E-state index is 4.34. The van der Waals surface area contributed by atoms with E-state index in [1.54, 1.807) is 4.90 Å². The van der Waals surface area contributed by atoms with Gasteiger partial charge in [-0.1, -0.05) is 6.07 Å². The first-order chi connectivity index (χ1) is 5.36. The molecule has 0 radical (unpaired) electrons. The highest BCUT2D eigenvalue weighted by Gasteiger charge is 2.15. The molecular weight excluding hydrogens is 136 g/mol. The molecule has 2 nitrogen and oxygen atoms in total.